The first-order valence-corrected chi connectivity index (χ1v) is 5.91. The Morgan fingerprint density at radius 2 is 2.11 bits per heavy atom. The van der Waals surface area contributed by atoms with Gasteiger partial charge in [0.1, 0.15) is 26.0 Å². The van der Waals surface area contributed by atoms with E-state index in [0.717, 1.165) is 0 Å². The number of carbonyl (C=O) groups is 2. The molecule has 19 heavy (non-hydrogen) atoms. The zero-order valence-corrected chi connectivity index (χ0v) is 10.1. The second-order valence-corrected chi connectivity index (χ2v) is 4.16. The van der Waals surface area contributed by atoms with E-state index in [1.54, 1.807) is 18.2 Å². The Morgan fingerprint density at radius 1 is 1.26 bits per heavy atom. The van der Waals surface area contributed by atoms with Crippen LogP contribution in [0.1, 0.15) is 0 Å². The number of nitrogens with one attached hydrogen (secondary N) is 1. The predicted molar refractivity (Wildman–Crippen MR) is 67.4 cm³/mol. The van der Waals surface area contributed by atoms with E-state index in [-0.39, 0.29) is 24.1 Å². The maximum Gasteiger partial charge on any atom is 0.297 e. The molecule has 0 bridgehead atoms. The molecule has 0 aliphatic carbocycles. The van der Waals surface area contributed by atoms with Crippen molar-refractivity contribution in [3.8, 4) is 0 Å². The number of ether oxygens (including phenoxy) is 2. The molecule has 98 valence electrons. The van der Waals surface area contributed by atoms with Crippen LogP contribution in [-0.4, -0.2) is 31.6 Å². The van der Waals surface area contributed by atoms with Gasteiger partial charge in [0.25, 0.3) is 5.91 Å². The number of nitrogens with zero attached hydrogens (tertiary/aromatic N) is 1. The van der Waals surface area contributed by atoms with Gasteiger partial charge in [0.05, 0.1) is 11.4 Å². The lowest BCUT2D eigenvalue weighted by atomic mass is 10.2. The van der Waals surface area contributed by atoms with E-state index in [1.807, 2.05) is 6.07 Å². The zero-order chi connectivity index (χ0) is 13.2. The molecular weight excluding hydrogens is 248 g/mol. The first-order chi connectivity index (χ1) is 9.25. The average molecular weight is 260 g/mol. The van der Waals surface area contributed by atoms with Crippen molar-refractivity contribution in [1.82, 2.24) is 0 Å². The van der Waals surface area contributed by atoms with Crippen LogP contribution in [0.5, 0.6) is 0 Å². The number of para-hydroxylation sites is 2. The quantitative estimate of drug-likeness (QED) is 0.813. The first kappa shape index (κ1) is 11.6. The molecule has 2 aliphatic heterocycles. The summed E-state index contributed by atoms with van der Waals surface area (Å²) in [5.74, 6) is -0.484. The summed E-state index contributed by atoms with van der Waals surface area (Å²) < 4.78 is 10.3. The molecule has 0 saturated heterocycles. The van der Waals surface area contributed by atoms with E-state index in [4.69, 9.17) is 9.47 Å². The summed E-state index contributed by atoms with van der Waals surface area (Å²) in [5.41, 5.74) is 1.27. The van der Waals surface area contributed by atoms with Crippen molar-refractivity contribution in [2.45, 2.75) is 0 Å². The lowest BCUT2D eigenvalue weighted by molar-refractivity contribution is -0.122. The minimum Gasteiger partial charge on any atom is -0.494 e. The molecule has 0 unspecified atom stereocenters. The van der Waals surface area contributed by atoms with E-state index >= 15 is 0 Å². The van der Waals surface area contributed by atoms with E-state index in [9.17, 15) is 9.59 Å². The Labute approximate surface area is 109 Å². The largest absolute Gasteiger partial charge is 0.494 e. The maximum absolute atomic E-state index is 12.3. The third kappa shape index (κ3) is 2.12. The Bertz CT molecular complexity index is 568. The number of rotatable bonds is 1. The molecule has 3 rings (SSSR count). The molecule has 0 radical (unpaired) electrons. The van der Waals surface area contributed by atoms with Gasteiger partial charge in [-0.2, -0.15) is 0 Å². The molecule has 1 aromatic carbocycles. The summed E-state index contributed by atoms with van der Waals surface area (Å²) in [6.07, 6.45) is 1.29. The van der Waals surface area contributed by atoms with Crippen molar-refractivity contribution in [2.75, 3.05) is 30.0 Å². The fraction of sp³-hybridized carbons (Fsp3) is 0.231. The molecular formula is C13H12N2O4. The summed E-state index contributed by atoms with van der Waals surface area (Å²) in [7, 11) is 0. The molecule has 2 amide bonds. The van der Waals surface area contributed by atoms with Crippen molar-refractivity contribution < 1.29 is 19.1 Å². The van der Waals surface area contributed by atoms with Gasteiger partial charge in [-0.1, -0.05) is 12.1 Å². The molecule has 0 atom stereocenters. The van der Waals surface area contributed by atoms with Crippen LogP contribution in [0.2, 0.25) is 0 Å². The molecule has 6 nitrogen and oxygen atoms in total. The van der Waals surface area contributed by atoms with Crippen LogP contribution in [-0.2, 0) is 19.1 Å². The van der Waals surface area contributed by atoms with E-state index in [1.165, 1.54) is 11.2 Å². The van der Waals surface area contributed by atoms with Crippen LogP contribution in [0.3, 0.4) is 0 Å². The van der Waals surface area contributed by atoms with Gasteiger partial charge >= 0.3 is 0 Å². The molecule has 1 N–H and O–H groups in total. The SMILES string of the molecule is O=C1CN(C(=O)C2=COCCO2)c2ccccc2N1. The lowest BCUT2D eigenvalue weighted by Crippen LogP contribution is -2.43. The van der Waals surface area contributed by atoms with Gasteiger partial charge in [-0.3, -0.25) is 14.5 Å². The minimum atomic E-state index is -0.373. The predicted octanol–water partition coefficient (Wildman–Crippen LogP) is 0.860. The van der Waals surface area contributed by atoms with Gasteiger partial charge in [-0.25, -0.2) is 0 Å². The highest BCUT2D eigenvalue weighted by atomic mass is 16.6. The number of hydrogen-bond donors (Lipinski definition) is 1. The van der Waals surface area contributed by atoms with Gasteiger partial charge in [0.15, 0.2) is 0 Å². The number of fused-ring (bicyclic) bond motifs is 1. The number of benzene rings is 1. The topological polar surface area (TPSA) is 67.9 Å². The third-order valence-corrected chi connectivity index (χ3v) is 2.88. The normalized spacial score (nSPS) is 17.6. The van der Waals surface area contributed by atoms with Crippen LogP contribution in [0.15, 0.2) is 36.3 Å². The third-order valence-electron chi connectivity index (χ3n) is 2.88. The highest BCUT2D eigenvalue weighted by Crippen LogP contribution is 2.30. The monoisotopic (exact) mass is 260 g/mol. The highest BCUT2D eigenvalue weighted by Gasteiger charge is 2.30. The van der Waals surface area contributed by atoms with Gasteiger partial charge in [0, 0.05) is 0 Å². The summed E-state index contributed by atoms with van der Waals surface area (Å²) in [6, 6.07) is 7.13. The number of anilines is 2. The highest BCUT2D eigenvalue weighted by molar-refractivity contribution is 6.14. The Morgan fingerprint density at radius 3 is 2.89 bits per heavy atom. The van der Waals surface area contributed by atoms with E-state index in [2.05, 4.69) is 5.32 Å². The van der Waals surface area contributed by atoms with Gasteiger partial charge in [-0.05, 0) is 12.1 Å². The summed E-state index contributed by atoms with van der Waals surface area (Å²) in [4.78, 5) is 25.3. The molecule has 0 spiro atoms. The van der Waals surface area contributed by atoms with Crippen LogP contribution >= 0.6 is 0 Å². The number of amides is 2. The van der Waals surface area contributed by atoms with Crippen LogP contribution < -0.4 is 10.2 Å². The van der Waals surface area contributed by atoms with E-state index in [0.29, 0.717) is 24.6 Å². The fourth-order valence-electron chi connectivity index (χ4n) is 2.03. The second-order valence-electron chi connectivity index (χ2n) is 4.16. The van der Waals surface area contributed by atoms with Gasteiger partial charge in [-0.15, -0.1) is 0 Å². The average Bonchev–Trinajstić information content (AvgIpc) is 2.46. The fourth-order valence-corrected chi connectivity index (χ4v) is 2.03. The Balaban J connectivity index is 1.94. The second kappa shape index (κ2) is 4.64. The molecule has 1 aromatic rings. The molecule has 0 aromatic heterocycles. The lowest BCUT2D eigenvalue weighted by Gasteiger charge is -2.30. The van der Waals surface area contributed by atoms with Gasteiger partial charge < -0.3 is 14.8 Å². The van der Waals surface area contributed by atoms with Crippen molar-refractivity contribution >= 4 is 23.2 Å². The summed E-state index contributed by atoms with van der Waals surface area (Å²) in [6.45, 7) is 0.726. The van der Waals surface area contributed by atoms with Crippen LogP contribution in [0.4, 0.5) is 11.4 Å². The molecule has 2 aliphatic rings. The molecule has 0 fully saturated rings. The Hall–Kier alpha value is -2.50. The smallest absolute Gasteiger partial charge is 0.297 e. The van der Waals surface area contributed by atoms with Crippen molar-refractivity contribution in [1.29, 1.82) is 0 Å². The number of hydrogen-bond acceptors (Lipinski definition) is 4. The van der Waals surface area contributed by atoms with Crippen molar-refractivity contribution in [3.63, 3.8) is 0 Å². The maximum atomic E-state index is 12.3. The van der Waals surface area contributed by atoms with Crippen molar-refractivity contribution in [2.24, 2.45) is 0 Å². The standard InChI is InChI=1S/C13H12N2O4/c16-12-7-15(10-4-2-1-3-9(10)14-12)13(17)11-8-18-5-6-19-11/h1-4,8H,5-7H2,(H,14,16). The molecule has 6 heteroatoms. The molecule has 2 heterocycles. The first-order valence-electron chi connectivity index (χ1n) is 5.91. The summed E-state index contributed by atoms with van der Waals surface area (Å²) in [5, 5.41) is 2.72. The minimum absolute atomic E-state index is 0.0312. The summed E-state index contributed by atoms with van der Waals surface area (Å²) >= 11 is 0. The number of carbonyl (C=O) groups excluding carboxylic acids is 2. The van der Waals surface area contributed by atoms with Crippen LogP contribution in [0.25, 0.3) is 0 Å². The van der Waals surface area contributed by atoms with Gasteiger partial charge in [0.2, 0.25) is 11.7 Å². The van der Waals surface area contributed by atoms with Crippen molar-refractivity contribution in [3.05, 3.63) is 36.3 Å². The van der Waals surface area contributed by atoms with Crippen LogP contribution in [0, 0.1) is 0 Å². The van der Waals surface area contributed by atoms with E-state index < -0.39 is 0 Å². The molecule has 0 saturated carbocycles. The zero-order valence-electron chi connectivity index (χ0n) is 10.1. The Kier molecular flexibility index (Phi) is 2.83.